The molecule has 19 heavy (non-hydrogen) atoms. The van der Waals surface area contributed by atoms with Gasteiger partial charge in [0.2, 0.25) is 0 Å². The minimum atomic E-state index is 0. The number of rotatable bonds is 4. The van der Waals surface area contributed by atoms with Gasteiger partial charge in [0.25, 0.3) is 0 Å². The standard InChI is InChI=1S/C13H16N4S.HI/c1-2-11-8-15-12(18-11)9-16-13(14)17-10-6-4-3-5-7-10;/h3-8H,2,9H2,1H3,(H3,14,16,17);1H. The van der Waals surface area contributed by atoms with Gasteiger partial charge in [-0.2, -0.15) is 0 Å². The lowest BCUT2D eigenvalue weighted by atomic mass is 10.3. The Labute approximate surface area is 134 Å². The van der Waals surface area contributed by atoms with E-state index in [9.17, 15) is 0 Å². The maximum Gasteiger partial charge on any atom is 0.193 e. The molecule has 3 N–H and O–H groups in total. The van der Waals surface area contributed by atoms with Crippen molar-refractivity contribution in [3.8, 4) is 0 Å². The molecule has 0 aliphatic rings. The van der Waals surface area contributed by atoms with Crippen LogP contribution in [-0.2, 0) is 13.0 Å². The summed E-state index contributed by atoms with van der Waals surface area (Å²) in [5.74, 6) is 0.412. The van der Waals surface area contributed by atoms with Crippen molar-refractivity contribution >= 4 is 47.0 Å². The van der Waals surface area contributed by atoms with Crippen LogP contribution in [0.5, 0.6) is 0 Å². The van der Waals surface area contributed by atoms with Crippen LogP contribution in [0.15, 0.2) is 41.5 Å². The van der Waals surface area contributed by atoms with Crippen molar-refractivity contribution < 1.29 is 0 Å². The molecule has 2 aromatic rings. The molecule has 1 aromatic heterocycles. The number of benzene rings is 1. The summed E-state index contributed by atoms with van der Waals surface area (Å²) in [6, 6.07) is 9.75. The number of nitrogens with zero attached hydrogens (tertiary/aromatic N) is 2. The van der Waals surface area contributed by atoms with Gasteiger partial charge < -0.3 is 11.1 Å². The number of anilines is 1. The Kier molecular flexibility index (Phi) is 6.79. The molecule has 1 aromatic carbocycles. The first-order valence-electron chi connectivity index (χ1n) is 5.83. The summed E-state index contributed by atoms with van der Waals surface area (Å²) in [6.07, 6.45) is 2.91. The van der Waals surface area contributed by atoms with Gasteiger partial charge in [-0.05, 0) is 18.6 Å². The smallest absolute Gasteiger partial charge is 0.193 e. The van der Waals surface area contributed by atoms with Crippen molar-refractivity contribution in [2.75, 3.05) is 5.32 Å². The van der Waals surface area contributed by atoms with Crippen LogP contribution in [-0.4, -0.2) is 10.9 Å². The topological polar surface area (TPSA) is 63.3 Å². The van der Waals surface area contributed by atoms with Gasteiger partial charge in [-0.3, -0.25) is 0 Å². The monoisotopic (exact) mass is 388 g/mol. The molecule has 0 radical (unpaired) electrons. The van der Waals surface area contributed by atoms with Crippen molar-refractivity contribution in [2.24, 2.45) is 10.7 Å². The Hall–Kier alpha value is -1.15. The molecule has 0 bridgehead atoms. The summed E-state index contributed by atoms with van der Waals surface area (Å²) in [4.78, 5) is 9.84. The lowest BCUT2D eigenvalue weighted by Gasteiger charge is -2.04. The SMILES string of the molecule is CCc1cnc(CN=C(N)Nc2ccccc2)s1.I. The number of aliphatic imine (C=N–C) groups is 1. The van der Waals surface area contributed by atoms with Crippen molar-refractivity contribution in [1.29, 1.82) is 0 Å². The van der Waals surface area contributed by atoms with E-state index >= 15 is 0 Å². The first-order chi connectivity index (χ1) is 8.78. The summed E-state index contributed by atoms with van der Waals surface area (Å²) in [5.41, 5.74) is 6.75. The minimum absolute atomic E-state index is 0. The third-order valence-electron chi connectivity index (χ3n) is 2.38. The Bertz CT molecular complexity index is 524. The van der Waals surface area contributed by atoms with Gasteiger partial charge >= 0.3 is 0 Å². The number of aryl methyl sites for hydroxylation is 1. The van der Waals surface area contributed by atoms with Crippen molar-refractivity contribution in [2.45, 2.75) is 19.9 Å². The number of hydrogen-bond donors (Lipinski definition) is 2. The van der Waals surface area contributed by atoms with E-state index < -0.39 is 0 Å². The van der Waals surface area contributed by atoms with E-state index in [0.717, 1.165) is 17.1 Å². The highest BCUT2D eigenvalue weighted by atomic mass is 127. The lowest BCUT2D eigenvalue weighted by Crippen LogP contribution is -2.22. The second kappa shape index (κ2) is 8.11. The normalized spacial score (nSPS) is 10.9. The van der Waals surface area contributed by atoms with E-state index in [2.05, 4.69) is 22.2 Å². The maximum absolute atomic E-state index is 5.81. The van der Waals surface area contributed by atoms with Gasteiger partial charge in [0.05, 0.1) is 6.54 Å². The zero-order valence-corrected chi connectivity index (χ0v) is 13.8. The van der Waals surface area contributed by atoms with E-state index in [1.165, 1.54) is 4.88 Å². The van der Waals surface area contributed by atoms with Crippen molar-refractivity contribution in [1.82, 2.24) is 4.98 Å². The van der Waals surface area contributed by atoms with E-state index in [1.807, 2.05) is 36.5 Å². The average Bonchev–Trinajstić information content (AvgIpc) is 2.85. The van der Waals surface area contributed by atoms with Gasteiger partial charge in [0.1, 0.15) is 5.01 Å². The van der Waals surface area contributed by atoms with Crippen LogP contribution in [0.4, 0.5) is 5.69 Å². The third kappa shape index (κ3) is 5.15. The van der Waals surface area contributed by atoms with Crippen LogP contribution in [0, 0.1) is 0 Å². The predicted molar refractivity (Wildman–Crippen MR) is 92.3 cm³/mol. The second-order valence-corrected chi connectivity index (χ2v) is 4.97. The van der Waals surface area contributed by atoms with E-state index in [-0.39, 0.29) is 24.0 Å². The molecule has 0 spiro atoms. The summed E-state index contributed by atoms with van der Waals surface area (Å²) in [5, 5.41) is 4.03. The zero-order valence-electron chi connectivity index (χ0n) is 10.7. The highest BCUT2D eigenvalue weighted by Gasteiger charge is 2.00. The number of aromatic nitrogens is 1. The molecule has 0 aliphatic carbocycles. The van der Waals surface area contributed by atoms with Crippen LogP contribution in [0.2, 0.25) is 0 Å². The summed E-state index contributed by atoms with van der Waals surface area (Å²) >= 11 is 1.68. The van der Waals surface area contributed by atoms with Gasteiger partial charge in [0.15, 0.2) is 5.96 Å². The molecule has 0 atom stereocenters. The summed E-state index contributed by atoms with van der Waals surface area (Å²) in [7, 11) is 0. The summed E-state index contributed by atoms with van der Waals surface area (Å²) < 4.78 is 0. The number of nitrogens with two attached hydrogens (primary N) is 1. The largest absolute Gasteiger partial charge is 0.370 e. The van der Waals surface area contributed by atoms with E-state index in [1.54, 1.807) is 11.3 Å². The van der Waals surface area contributed by atoms with Gasteiger partial charge in [-0.25, -0.2) is 9.98 Å². The van der Waals surface area contributed by atoms with Crippen molar-refractivity contribution in [3.05, 3.63) is 46.4 Å². The van der Waals surface area contributed by atoms with Crippen LogP contribution in [0.25, 0.3) is 0 Å². The Morgan fingerprint density at radius 1 is 1.37 bits per heavy atom. The zero-order chi connectivity index (χ0) is 12.8. The number of nitrogens with one attached hydrogen (secondary N) is 1. The fourth-order valence-corrected chi connectivity index (χ4v) is 2.23. The number of thiazole rings is 1. The van der Waals surface area contributed by atoms with Gasteiger partial charge in [-0.1, -0.05) is 25.1 Å². The fraction of sp³-hybridized carbons (Fsp3) is 0.231. The first kappa shape index (κ1) is 15.9. The summed E-state index contributed by atoms with van der Waals surface area (Å²) in [6.45, 7) is 2.64. The maximum atomic E-state index is 5.81. The van der Waals surface area contributed by atoms with Crippen molar-refractivity contribution in [3.63, 3.8) is 0 Å². The highest BCUT2D eigenvalue weighted by molar-refractivity contribution is 14.0. The van der Waals surface area contributed by atoms with Gasteiger partial charge in [0, 0.05) is 16.8 Å². The molecule has 0 unspecified atom stereocenters. The molecule has 6 heteroatoms. The quantitative estimate of drug-likeness (QED) is 0.480. The molecule has 0 fully saturated rings. The molecule has 0 aliphatic heterocycles. The van der Waals surface area contributed by atoms with Gasteiger partial charge in [-0.15, -0.1) is 35.3 Å². The van der Waals surface area contributed by atoms with Crippen LogP contribution in [0.1, 0.15) is 16.8 Å². The molecule has 2 rings (SSSR count). The number of halogens is 1. The Morgan fingerprint density at radius 2 is 2.11 bits per heavy atom. The molecule has 1 heterocycles. The third-order valence-corrected chi connectivity index (χ3v) is 3.51. The molecular formula is C13H17IN4S. The lowest BCUT2D eigenvalue weighted by molar-refractivity contribution is 1.03. The molecule has 4 nitrogen and oxygen atoms in total. The first-order valence-corrected chi connectivity index (χ1v) is 6.65. The highest BCUT2D eigenvalue weighted by Crippen LogP contribution is 2.14. The Morgan fingerprint density at radius 3 is 2.74 bits per heavy atom. The van der Waals surface area contributed by atoms with Crippen LogP contribution < -0.4 is 11.1 Å². The average molecular weight is 388 g/mol. The van der Waals surface area contributed by atoms with Crippen LogP contribution >= 0.6 is 35.3 Å². The molecule has 0 saturated carbocycles. The van der Waals surface area contributed by atoms with E-state index in [4.69, 9.17) is 5.73 Å². The van der Waals surface area contributed by atoms with E-state index in [0.29, 0.717) is 12.5 Å². The number of para-hydroxylation sites is 1. The number of hydrogen-bond acceptors (Lipinski definition) is 3. The molecule has 102 valence electrons. The minimum Gasteiger partial charge on any atom is -0.370 e. The number of guanidine groups is 1. The fourth-order valence-electron chi connectivity index (χ4n) is 1.45. The Balaban J connectivity index is 0.00000180. The molecule has 0 saturated heterocycles. The second-order valence-electron chi connectivity index (χ2n) is 3.77. The predicted octanol–water partition coefficient (Wildman–Crippen LogP) is 3.25. The molecule has 0 amide bonds. The van der Waals surface area contributed by atoms with Crippen LogP contribution in [0.3, 0.4) is 0 Å². The molecular weight excluding hydrogens is 371 g/mol.